The Morgan fingerprint density at radius 1 is 1.00 bits per heavy atom. The van der Waals surface area contributed by atoms with Gasteiger partial charge in [0, 0.05) is 11.0 Å². The molecule has 2 heterocycles. The Kier molecular flexibility index (Phi) is 4.98. The van der Waals surface area contributed by atoms with Crippen LogP contribution >= 0.6 is 0 Å². The van der Waals surface area contributed by atoms with Crippen LogP contribution in [0, 0.1) is 5.92 Å². The Hall–Kier alpha value is -2.82. The van der Waals surface area contributed by atoms with Crippen LogP contribution < -0.4 is 0 Å². The smallest absolute Gasteiger partial charge is 0.133 e. The molecule has 0 radical (unpaired) electrons. The quantitative estimate of drug-likeness (QED) is 0.725. The molecule has 0 saturated carbocycles. The minimum atomic E-state index is -0.613. The summed E-state index contributed by atoms with van der Waals surface area (Å²) in [6.07, 6.45) is 1.48. The SMILES string of the molecule is CC(C)C(C)(c1ccc(-c2ccc(CF)nn2)cc1)c1ccc(O)cn1. The first-order valence-corrected chi connectivity index (χ1v) is 8.60. The molecular formula is C21H22FN3O. The zero-order valence-electron chi connectivity index (χ0n) is 15.1. The molecule has 0 aliphatic carbocycles. The second-order valence-electron chi connectivity index (χ2n) is 6.88. The van der Waals surface area contributed by atoms with E-state index in [1.807, 2.05) is 18.2 Å². The van der Waals surface area contributed by atoms with Gasteiger partial charge in [-0.3, -0.25) is 4.98 Å². The minimum absolute atomic E-state index is 0.158. The van der Waals surface area contributed by atoms with E-state index < -0.39 is 6.67 Å². The van der Waals surface area contributed by atoms with Crippen LogP contribution in [0.1, 0.15) is 37.7 Å². The number of hydrogen-bond acceptors (Lipinski definition) is 4. The molecule has 0 amide bonds. The highest BCUT2D eigenvalue weighted by atomic mass is 19.1. The van der Waals surface area contributed by atoms with Gasteiger partial charge in [0.25, 0.3) is 0 Å². The Morgan fingerprint density at radius 2 is 1.73 bits per heavy atom. The lowest BCUT2D eigenvalue weighted by atomic mass is 9.70. The molecule has 0 fully saturated rings. The molecule has 0 bridgehead atoms. The number of rotatable bonds is 5. The summed E-state index contributed by atoms with van der Waals surface area (Å²) in [5.41, 5.74) is 3.71. The van der Waals surface area contributed by atoms with Gasteiger partial charge in [0.05, 0.1) is 23.3 Å². The highest BCUT2D eigenvalue weighted by molar-refractivity contribution is 5.59. The summed E-state index contributed by atoms with van der Waals surface area (Å²) in [6, 6.07) is 15.1. The normalized spacial score (nSPS) is 13.6. The first-order chi connectivity index (χ1) is 12.4. The molecule has 1 unspecified atom stereocenters. The first kappa shape index (κ1) is 18.0. The van der Waals surface area contributed by atoms with Crippen LogP contribution in [0.15, 0.2) is 54.7 Å². The largest absolute Gasteiger partial charge is 0.506 e. The van der Waals surface area contributed by atoms with Crippen molar-refractivity contribution in [3.63, 3.8) is 0 Å². The van der Waals surface area contributed by atoms with Crippen molar-refractivity contribution >= 4 is 0 Å². The number of alkyl halides is 1. The van der Waals surface area contributed by atoms with Gasteiger partial charge < -0.3 is 5.11 Å². The molecular weight excluding hydrogens is 329 g/mol. The van der Waals surface area contributed by atoms with Crippen LogP contribution in [0.5, 0.6) is 5.75 Å². The summed E-state index contributed by atoms with van der Waals surface area (Å²) in [5.74, 6) is 0.458. The fraction of sp³-hybridized carbons (Fsp3) is 0.286. The topological polar surface area (TPSA) is 58.9 Å². The van der Waals surface area contributed by atoms with E-state index in [0.717, 1.165) is 16.8 Å². The van der Waals surface area contributed by atoms with Crippen LogP contribution in [0.4, 0.5) is 4.39 Å². The lowest BCUT2D eigenvalue weighted by molar-refractivity contribution is 0.393. The Labute approximate surface area is 152 Å². The third kappa shape index (κ3) is 3.29. The van der Waals surface area contributed by atoms with E-state index >= 15 is 0 Å². The van der Waals surface area contributed by atoms with Crippen LogP contribution in [-0.4, -0.2) is 20.3 Å². The number of hydrogen-bond donors (Lipinski definition) is 1. The van der Waals surface area contributed by atoms with Crippen molar-refractivity contribution in [2.45, 2.75) is 32.9 Å². The summed E-state index contributed by atoms with van der Waals surface area (Å²) in [5, 5.41) is 17.5. The molecule has 3 rings (SSSR count). The van der Waals surface area contributed by atoms with Gasteiger partial charge in [0.15, 0.2) is 0 Å². The standard InChI is InChI=1S/C21H22FN3O/c1-14(2)21(3,20-11-9-18(26)13-23-20)16-6-4-15(5-7-16)19-10-8-17(12-22)24-25-19/h4-11,13-14,26H,12H2,1-3H3. The van der Waals surface area contributed by atoms with Gasteiger partial charge in [-0.2, -0.15) is 10.2 Å². The van der Waals surface area contributed by atoms with Crippen LogP contribution in [-0.2, 0) is 12.1 Å². The molecule has 0 saturated heterocycles. The maximum Gasteiger partial charge on any atom is 0.133 e. The van der Waals surface area contributed by atoms with Gasteiger partial charge in [0.1, 0.15) is 12.4 Å². The van der Waals surface area contributed by atoms with Crippen molar-refractivity contribution < 1.29 is 9.50 Å². The molecule has 0 aliphatic heterocycles. The second kappa shape index (κ2) is 7.20. The molecule has 26 heavy (non-hydrogen) atoms. The number of aromatic nitrogens is 3. The second-order valence-corrected chi connectivity index (χ2v) is 6.88. The van der Waals surface area contributed by atoms with E-state index in [9.17, 15) is 9.50 Å². The van der Waals surface area contributed by atoms with Crippen molar-refractivity contribution in [2.24, 2.45) is 5.92 Å². The zero-order valence-corrected chi connectivity index (χ0v) is 15.1. The summed E-state index contributed by atoms with van der Waals surface area (Å²) >= 11 is 0. The van der Waals surface area contributed by atoms with Gasteiger partial charge in [-0.25, -0.2) is 4.39 Å². The van der Waals surface area contributed by atoms with Crippen LogP contribution in [0.2, 0.25) is 0 Å². The zero-order chi connectivity index (χ0) is 18.7. The average molecular weight is 351 g/mol. The van der Waals surface area contributed by atoms with Gasteiger partial charge in [0.2, 0.25) is 0 Å². The molecule has 3 aromatic rings. The van der Waals surface area contributed by atoms with Crippen molar-refractivity contribution in [2.75, 3.05) is 0 Å². The number of pyridine rings is 1. The van der Waals surface area contributed by atoms with E-state index in [-0.39, 0.29) is 11.2 Å². The third-order valence-electron chi connectivity index (χ3n) is 5.07. The molecule has 0 spiro atoms. The fourth-order valence-electron chi connectivity index (χ4n) is 3.04. The highest BCUT2D eigenvalue weighted by Gasteiger charge is 2.33. The van der Waals surface area contributed by atoms with Crippen LogP contribution in [0.3, 0.4) is 0 Å². The summed E-state index contributed by atoms with van der Waals surface area (Å²) in [7, 11) is 0. The van der Waals surface area contributed by atoms with Gasteiger partial charge in [-0.15, -0.1) is 0 Å². The van der Waals surface area contributed by atoms with Gasteiger partial charge >= 0.3 is 0 Å². The lowest BCUT2D eigenvalue weighted by Gasteiger charge is -2.34. The molecule has 2 aromatic heterocycles. The minimum Gasteiger partial charge on any atom is -0.506 e. The third-order valence-corrected chi connectivity index (χ3v) is 5.07. The number of nitrogens with zero attached hydrogens (tertiary/aromatic N) is 3. The molecule has 1 aromatic carbocycles. The fourth-order valence-corrected chi connectivity index (χ4v) is 3.04. The molecule has 134 valence electrons. The van der Waals surface area contributed by atoms with Crippen molar-refractivity contribution in [3.05, 3.63) is 71.7 Å². The van der Waals surface area contributed by atoms with E-state index in [1.54, 1.807) is 18.2 Å². The predicted molar refractivity (Wildman–Crippen MR) is 99.5 cm³/mol. The van der Waals surface area contributed by atoms with Gasteiger partial charge in [-0.05, 0) is 42.7 Å². The number of halogens is 1. The van der Waals surface area contributed by atoms with Crippen molar-refractivity contribution in [1.82, 2.24) is 15.2 Å². The molecule has 5 heteroatoms. The van der Waals surface area contributed by atoms with Gasteiger partial charge in [-0.1, -0.05) is 38.1 Å². The molecule has 1 N–H and O–H groups in total. The summed E-state index contributed by atoms with van der Waals surface area (Å²) in [4.78, 5) is 4.44. The monoisotopic (exact) mass is 351 g/mol. The predicted octanol–water partition coefficient (Wildman–Crippen LogP) is 4.68. The van der Waals surface area contributed by atoms with E-state index in [1.165, 1.54) is 6.20 Å². The van der Waals surface area contributed by atoms with Crippen molar-refractivity contribution in [1.29, 1.82) is 0 Å². The number of aromatic hydroxyl groups is 1. The van der Waals surface area contributed by atoms with E-state index in [0.29, 0.717) is 17.3 Å². The first-order valence-electron chi connectivity index (χ1n) is 8.60. The maximum atomic E-state index is 12.6. The summed E-state index contributed by atoms with van der Waals surface area (Å²) in [6.45, 7) is 5.85. The number of benzene rings is 1. The van der Waals surface area contributed by atoms with Crippen LogP contribution in [0.25, 0.3) is 11.3 Å². The maximum absolute atomic E-state index is 12.6. The lowest BCUT2D eigenvalue weighted by Crippen LogP contribution is -2.31. The Bertz CT molecular complexity index is 861. The molecule has 1 atom stereocenters. The Morgan fingerprint density at radius 3 is 2.23 bits per heavy atom. The molecule has 0 aliphatic rings. The Balaban J connectivity index is 1.97. The summed E-state index contributed by atoms with van der Waals surface area (Å²) < 4.78 is 12.6. The van der Waals surface area contributed by atoms with E-state index in [4.69, 9.17) is 0 Å². The van der Waals surface area contributed by atoms with E-state index in [2.05, 4.69) is 48.1 Å². The van der Waals surface area contributed by atoms with Crippen molar-refractivity contribution in [3.8, 4) is 17.0 Å². The molecule has 4 nitrogen and oxygen atoms in total. The highest BCUT2D eigenvalue weighted by Crippen LogP contribution is 2.38. The average Bonchev–Trinajstić information content (AvgIpc) is 2.68.